The van der Waals surface area contributed by atoms with Crippen LogP contribution in [0.1, 0.15) is 52.1 Å². The van der Waals surface area contributed by atoms with E-state index in [1.807, 2.05) is 19.3 Å². The Bertz CT molecular complexity index is 353. The molecule has 1 atom stereocenters. The Morgan fingerprint density at radius 2 is 1.94 bits per heavy atom. The summed E-state index contributed by atoms with van der Waals surface area (Å²) in [6.07, 6.45) is 1.88. The fourth-order valence-corrected chi connectivity index (χ4v) is 1.82. The van der Waals surface area contributed by atoms with Gasteiger partial charge in [0, 0.05) is 29.8 Å². The molecule has 3 nitrogen and oxygen atoms in total. The molecule has 0 aliphatic rings. The van der Waals surface area contributed by atoms with Crippen LogP contribution in [0.5, 0.6) is 0 Å². The molecular weight excluding hydrogens is 210 g/mol. The number of hydrogen-bond donors (Lipinski definition) is 1. The van der Waals surface area contributed by atoms with Gasteiger partial charge >= 0.3 is 0 Å². The van der Waals surface area contributed by atoms with Gasteiger partial charge in [-0.1, -0.05) is 34.6 Å². The molecule has 0 aliphatic heterocycles. The van der Waals surface area contributed by atoms with Gasteiger partial charge in [0.2, 0.25) is 0 Å². The maximum absolute atomic E-state index is 4.73. The number of nitrogens with zero attached hydrogens (tertiary/aromatic N) is 2. The van der Waals surface area contributed by atoms with Crippen molar-refractivity contribution < 1.29 is 0 Å². The summed E-state index contributed by atoms with van der Waals surface area (Å²) in [5, 5.41) is 3.23. The van der Waals surface area contributed by atoms with E-state index in [0.29, 0.717) is 11.8 Å². The Morgan fingerprint density at radius 3 is 2.41 bits per heavy atom. The highest BCUT2D eigenvalue weighted by atomic mass is 14.9. The van der Waals surface area contributed by atoms with Crippen molar-refractivity contribution in [1.29, 1.82) is 0 Å². The second kappa shape index (κ2) is 5.58. The first-order valence-corrected chi connectivity index (χ1v) is 6.34. The molecule has 0 saturated carbocycles. The van der Waals surface area contributed by atoms with Crippen LogP contribution in [0.15, 0.2) is 12.3 Å². The lowest BCUT2D eigenvalue weighted by Gasteiger charge is -2.22. The molecule has 0 bridgehead atoms. The first kappa shape index (κ1) is 14.1. The minimum Gasteiger partial charge on any atom is -0.319 e. The number of likely N-dealkylation sites (N-methyl/N-ethyl adjacent to an activating group) is 1. The zero-order valence-electron chi connectivity index (χ0n) is 11.9. The predicted molar refractivity (Wildman–Crippen MR) is 72.2 cm³/mol. The molecule has 1 heterocycles. The molecule has 17 heavy (non-hydrogen) atoms. The summed E-state index contributed by atoms with van der Waals surface area (Å²) in [5.41, 5.74) is 1.20. The van der Waals surface area contributed by atoms with Gasteiger partial charge in [0.15, 0.2) is 0 Å². The average Bonchev–Trinajstić information content (AvgIpc) is 2.24. The Kier molecular flexibility index (Phi) is 4.63. The second-order valence-electron chi connectivity index (χ2n) is 5.96. The lowest BCUT2D eigenvalue weighted by molar-refractivity contribution is 0.450. The number of nitrogens with one attached hydrogen (secondary N) is 1. The second-order valence-corrected chi connectivity index (χ2v) is 5.96. The van der Waals surface area contributed by atoms with Crippen LogP contribution in [0.25, 0.3) is 0 Å². The first-order chi connectivity index (χ1) is 7.86. The van der Waals surface area contributed by atoms with Crippen molar-refractivity contribution in [3.63, 3.8) is 0 Å². The van der Waals surface area contributed by atoms with Gasteiger partial charge in [-0.25, -0.2) is 9.97 Å². The van der Waals surface area contributed by atoms with Crippen molar-refractivity contribution in [3.8, 4) is 0 Å². The SMILES string of the molecule is CNCC(c1nccc(C(C)(C)C)n1)C(C)C. The van der Waals surface area contributed by atoms with Gasteiger partial charge in [-0.2, -0.15) is 0 Å². The van der Waals surface area contributed by atoms with E-state index in [0.717, 1.165) is 18.1 Å². The predicted octanol–water partition coefficient (Wildman–Crippen LogP) is 2.73. The summed E-state index contributed by atoms with van der Waals surface area (Å²) < 4.78 is 0. The van der Waals surface area contributed by atoms with Crippen LogP contribution in [0, 0.1) is 5.92 Å². The van der Waals surface area contributed by atoms with Gasteiger partial charge < -0.3 is 5.32 Å². The van der Waals surface area contributed by atoms with Crippen LogP contribution in [0.2, 0.25) is 0 Å². The van der Waals surface area contributed by atoms with Crippen molar-refractivity contribution in [2.24, 2.45) is 5.92 Å². The molecule has 0 fully saturated rings. The molecule has 0 aromatic carbocycles. The van der Waals surface area contributed by atoms with Gasteiger partial charge in [0.05, 0.1) is 0 Å². The fraction of sp³-hybridized carbons (Fsp3) is 0.714. The Morgan fingerprint density at radius 1 is 1.29 bits per heavy atom. The molecule has 0 spiro atoms. The highest BCUT2D eigenvalue weighted by Crippen LogP contribution is 2.24. The Labute approximate surface area is 105 Å². The zero-order chi connectivity index (χ0) is 13.1. The van der Waals surface area contributed by atoms with E-state index >= 15 is 0 Å². The van der Waals surface area contributed by atoms with Crippen molar-refractivity contribution in [3.05, 3.63) is 23.8 Å². The zero-order valence-corrected chi connectivity index (χ0v) is 11.9. The molecule has 1 aromatic rings. The molecule has 1 rings (SSSR count). The highest BCUT2D eigenvalue weighted by molar-refractivity contribution is 5.14. The van der Waals surface area contributed by atoms with E-state index in [9.17, 15) is 0 Å². The summed E-state index contributed by atoms with van der Waals surface area (Å²) >= 11 is 0. The van der Waals surface area contributed by atoms with Gasteiger partial charge in [-0.3, -0.25) is 0 Å². The summed E-state index contributed by atoms with van der Waals surface area (Å²) in [5.74, 6) is 1.88. The molecule has 0 aliphatic carbocycles. The maximum atomic E-state index is 4.73. The topological polar surface area (TPSA) is 37.8 Å². The molecule has 1 aromatic heterocycles. The van der Waals surface area contributed by atoms with Crippen LogP contribution < -0.4 is 5.32 Å². The lowest BCUT2D eigenvalue weighted by atomic mass is 9.90. The van der Waals surface area contributed by atoms with Crippen molar-refractivity contribution >= 4 is 0 Å². The molecule has 0 amide bonds. The monoisotopic (exact) mass is 235 g/mol. The van der Waals surface area contributed by atoms with Gasteiger partial charge in [0.25, 0.3) is 0 Å². The van der Waals surface area contributed by atoms with E-state index in [4.69, 9.17) is 4.98 Å². The molecule has 96 valence electrons. The normalized spacial score (nSPS) is 14.1. The summed E-state index contributed by atoms with van der Waals surface area (Å²) in [7, 11) is 1.98. The quantitative estimate of drug-likeness (QED) is 0.872. The Hall–Kier alpha value is -0.960. The maximum Gasteiger partial charge on any atom is 0.133 e. The smallest absolute Gasteiger partial charge is 0.133 e. The van der Waals surface area contributed by atoms with E-state index in [1.165, 1.54) is 0 Å². The minimum absolute atomic E-state index is 0.0822. The molecule has 3 heteroatoms. The van der Waals surface area contributed by atoms with Gasteiger partial charge in [0.1, 0.15) is 5.82 Å². The van der Waals surface area contributed by atoms with Crippen molar-refractivity contribution in [2.45, 2.75) is 46.0 Å². The van der Waals surface area contributed by atoms with E-state index < -0.39 is 0 Å². The summed E-state index contributed by atoms with van der Waals surface area (Å²) in [4.78, 5) is 9.18. The largest absolute Gasteiger partial charge is 0.319 e. The minimum atomic E-state index is 0.0822. The van der Waals surface area contributed by atoms with Gasteiger partial charge in [-0.15, -0.1) is 0 Å². The fourth-order valence-electron chi connectivity index (χ4n) is 1.82. The first-order valence-electron chi connectivity index (χ1n) is 6.34. The molecular formula is C14H25N3. The van der Waals surface area contributed by atoms with Crippen molar-refractivity contribution in [1.82, 2.24) is 15.3 Å². The average molecular weight is 235 g/mol. The molecule has 1 unspecified atom stereocenters. The van der Waals surface area contributed by atoms with E-state index in [-0.39, 0.29) is 5.41 Å². The van der Waals surface area contributed by atoms with E-state index in [1.54, 1.807) is 0 Å². The van der Waals surface area contributed by atoms with Crippen LogP contribution in [0.3, 0.4) is 0 Å². The number of hydrogen-bond acceptors (Lipinski definition) is 3. The Balaban J connectivity index is 3.04. The summed E-state index contributed by atoms with van der Waals surface area (Å²) in [6, 6.07) is 2.01. The standard InChI is InChI=1S/C14H25N3/c1-10(2)11(9-15-6)13-16-8-7-12(17-13)14(3,4)5/h7-8,10-11,15H,9H2,1-6H3. The van der Waals surface area contributed by atoms with Crippen LogP contribution in [-0.4, -0.2) is 23.6 Å². The van der Waals surface area contributed by atoms with Crippen LogP contribution in [0.4, 0.5) is 0 Å². The third-order valence-electron chi connectivity index (χ3n) is 3.00. The van der Waals surface area contributed by atoms with Crippen molar-refractivity contribution in [2.75, 3.05) is 13.6 Å². The molecule has 1 N–H and O–H groups in total. The number of rotatable bonds is 4. The summed E-state index contributed by atoms with van der Waals surface area (Å²) in [6.45, 7) is 11.9. The van der Waals surface area contributed by atoms with E-state index in [2.05, 4.69) is 44.9 Å². The lowest BCUT2D eigenvalue weighted by Crippen LogP contribution is -2.25. The van der Waals surface area contributed by atoms with Crippen LogP contribution >= 0.6 is 0 Å². The molecule has 0 radical (unpaired) electrons. The van der Waals surface area contributed by atoms with Gasteiger partial charge in [-0.05, 0) is 19.0 Å². The molecule has 0 saturated heterocycles. The van der Waals surface area contributed by atoms with Crippen LogP contribution in [-0.2, 0) is 5.41 Å². The third kappa shape index (κ3) is 3.77. The highest BCUT2D eigenvalue weighted by Gasteiger charge is 2.21. The number of aromatic nitrogens is 2. The third-order valence-corrected chi connectivity index (χ3v) is 3.00.